The molecule has 4 heteroatoms. The number of hydrogen-bond donors (Lipinski definition) is 0. The second-order valence-electron chi connectivity index (χ2n) is 1.21. The van der Waals surface area contributed by atoms with Gasteiger partial charge in [0.05, 0.1) is 0 Å². The maximum absolute atomic E-state index is 3.68. The minimum absolute atomic E-state index is 0. The van der Waals surface area contributed by atoms with Crippen molar-refractivity contribution in [2.24, 2.45) is 0 Å². The summed E-state index contributed by atoms with van der Waals surface area (Å²) in [6.45, 7) is 5.85. The van der Waals surface area contributed by atoms with Crippen molar-refractivity contribution in [2.45, 2.75) is 26.2 Å². The molecular formula is C6H20MnO3. The van der Waals surface area contributed by atoms with Crippen molar-refractivity contribution in [1.29, 1.82) is 0 Å². The number of rotatable bonds is 2. The smallest absolute Gasteiger partial charge is 0.412 e. The summed E-state index contributed by atoms with van der Waals surface area (Å²) in [6.07, 6.45) is 3.65. The summed E-state index contributed by atoms with van der Waals surface area (Å²) in [7, 11) is 0. The molecule has 0 saturated carbocycles. The summed E-state index contributed by atoms with van der Waals surface area (Å²) >= 11 is 0. The van der Waals surface area contributed by atoms with Gasteiger partial charge in [-0.15, -0.1) is 0 Å². The largest absolute Gasteiger partial charge is 2.00 e. The van der Waals surface area contributed by atoms with Gasteiger partial charge in [-0.2, -0.15) is 6.42 Å². The summed E-state index contributed by atoms with van der Waals surface area (Å²) in [5.74, 6) is 0. The van der Waals surface area contributed by atoms with Crippen LogP contribution in [0, 0.1) is 14.4 Å². The van der Waals surface area contributed by atoms with Crippen LogP contribution in [-0.4, -0.2) is 16.4 Å². The zero-order valence-corrected chi connectivity index (χ0v) is 7.89. The predicted molar refractivity (Wildman–Crippen MR) is 42.1 cm³/mol. The molecule has 0 fully saturated rings. The Bertz CT molecular complexity index is 20.5. The quantitative estimate of drug-likeness (QED) is 0.437. The maximum atomic E-state index is 3.68. The van der Waals surface area contributed by atoms with E-state index in [2.05, 4.69) is 13.8 Å². The van der Waals surface area contributed by atoms with Crippen LogP contribution >= 0.6 is 0 Å². The number of hydrogen-bond acceptors (Lipinski definition) is 0. The maximum Gasteiger partial charge on any atom is 2.00 e. The first kappa shape index (κ1) is 47.5. The Morgan fingerprint density at radius 3 is 1.40 bits per heavy atom. The minimum Gasteiger partial charge on any atom is -0.412 e. The molecule has 1 radical (unpaired) electrons. The first-order chi connectivity index (χ1) is 2.41. The third-order valence-corrected chi connectivity index (χ3v) is 0.604. The third kappa shape index (κ3) is 79.9. The van der Waals surface area contributed by atoms with Gasteiger partial charge in [0.25, 0.3) is 0 Å². The molecule has 0 heterocycles. The molecule has 0 aliphatic heterocycles. The summed E-state index contributed by atoms with van der Waals surface area (Å²) < 4.78 is 0. The van der Waals surface area contributed by atoms with E-state index in [4.69, 9.17) is 0 Å². The van der Waals surface area contributed by atoms with Crippen molar-refractivity contribution in [3.63, 3.8) is 0 Å². The molecular weight excluding hydrogens is 175 g/mol. The molecule has 0 aliphatic carbocycles. The van der Waals surface area contributed by atoms with Crippen molar-refractivity contribution in [3.05, 3.63) is 14.4 Å². The van der Waals surface area contributed by atoms with Gasteiger partial charge in [0.15, 0.2) is 0 Å². The van der Waals surface area contributed by atoms with E-state index in [9.17, 15) is 0 Å². The van der Waals surface area contributed by atoms with Gasteiger partial charge in [0, 0.05) is 0 Å². The van der Waals surface area contributed by atoms with Gasteiger partial charge in [-0.05, 0) is 0 Å². The molecule has 69 valence electrons. The van der Waals surface area contributed by atoms with Gasteiger partial charge in [-0.3, -0.25) is 0 Å². The van der Waals surface area contributed by atoms with Gasteiger partial charge in [-0.25, -0.2) is 0 Å². The Balaban J connectivity index is -0.00000000800. The molecule has 0 saturated heterocycles. The van der Waals surface area contributed by atoms with Crippen LogP contribution in [-0.2, 0) is 17.1 Å². The normalized spacial score (nSPS) is 4.20. The van der Waals surface area contributed by atoms with Crippen LogP contribution in [0.1, 0.15) is 26.2 Å². The molecule has 0 aliphatic rings. The average molecular weight is 195 g/mol. The van der Waals surface area contributed by atoms with Gasteiger partial charge in [-0.1, -0.05) is 19.8 Å². The molecule has 10 heavy (non-hydrogen) atoms. The summed E-state index contributed by atoms with van der Waals surface area (Å²) in [5, 5.41) is 0. The minimum atomic E-state index is 0. The Morgan fingerprint density at radius 1 is 1.10 bits per heavy atom. The van der Waals surface area contributed by atoms with E-state index >= 15 is 0 Å². The zero-order chi connectivity index (χ0) is 4.12. The molecule has 3 nitrogen and oxygen atoms in total. The van der Waals surface area contributed by atoms with Crippen molar-refractivity contribution in [3.8, 4) is 0 Å². The summed E-state index contributed by atoms with van der Waals surface area (Å²) in [5.41, 5.74) is 0. The molecule has 0 aromatic carbocycles. The van der Waals surface area contributed by atoms with E-state index in [1.165, 1.54) is 12.8 Å². The SMILES string of the molecule is O.O.O.[CH2-]CCCC.[CH3-].[Mn+2]. The van der Waals surface area contributed by atoms with Crippen LogP contribution in [0.5, 0.6) is 0 Å². The van der Waals surface area contributed by atoms with E-state index in [-0.39, 0.29) is 40.9 Å². The molecule has 0 unspecified atom stereocenters. The Hall–Kier alpha value is 0.399. The van der Waals surface area contributed by atoms with Crippen LogP contribution in [0.4, 0.5) is 0 Å². The van der Waals surface area contributed by atoms with Crippen molar-refractivity contribution < 1.29 is 33.5 Å². The summed E-state index contributed by atoms with van der Waals surface area (Å²) in [6, 6.07) is 0. The average Bonchev–Trinajstić information content (AvgIpc) is 1.41. The third-order valence-electron chi connectivity index (χ3n) is 0.604. The summed E-state index contributed by atoms with van der Waals surface area (Å²) in [4.78, 5) is 0. The van der Waals surface area contributed by atoms with Gasteiger partial charge in [0.2, 0.25) is 0 Å². The van der Waals surface area contributed by atoms with Crippen molar-refractivity contribution >= 4 is 0 Å². The fraction of sp³-hybridized carbons (Fsp3) is 0.667. The van der Waals surface area contributed by atoms with Crippen molar-refractivity contribution in [2.75, 3.05) is 0 Å². The van der Waals surface area contributed by atoms with E-state index < -0.39 is 0 Å². The fourth-order valence-corrected chi connectivity index (χ4v) is 0.250. The molecule has 0 amide bonds. The van der Waals surface area contributed by atoms with Gasteiger partial charge >= 0.3 is 17.1 Å². The Labute approximate surface area is 74.6 Å². The van der Waals surface area contributed by atoms with E-state index in [0.29, 0.717) is 0 Å². The van der Waals surface area contributed by atoms with Crippen molar-refractivity contribution in [1.82, 2.24) is 0 Å². The van der Waals surface area contributed by atoms with Crippen LogP contribution < -0.4 is 0 Å². The topological polar surface area (TPSA) is 94.5 Å². The Morgan fingerprint density at radius 2 is 1.40 bits per heavy atom. The second kappa shape index (κ2) is 57.4. The molecule has 0 atom stereocenters. The molecule has 0 rings (SSSR count). The molecule has 0 bridgehead atoms. The zero-order valence-electron chi connectivity index (χ0n) is 6.71. The predicted octanol–water partition coefficient (Wildman–Crippen LogP) is -0.0156. The van der Waals surface area contributed by atoms with Crippen LogP contribution in [0.25, 0.3) is 0 Å². The molecule has 0 aromatic rings. The monoisotopic (exact) mass is 195 g/mol. The fourth-order valence-electron chi connectivity index (χ4n) is 0.250. The Kier molecular flexibility index (Phi) is 272. The molecule has 0 spiro atoms. The van der Waals surface area contributed by atoms with Crippen LogP contribution in [0.3, 0.4) is 0 Å². The van der Waals surface area contributed by atoms with Gasteiger partial charge < -0.3 is 30.8 Å². The standard InChI is InChI=1S/C5H11.CH3.Mn.3H2O/c1-3-5-4-2;;;;;/h1,3-5H2,2H3;1H3;;3*1H2/q2*-1;+2;;;. The number of unbranched alkanes of at least 4 members (excludes halogenated alkanes) is 2. The second-order valence-corrected chi connectivity index (χ2v) is 1.21. The molecule has 0 aromatic heterocycles. The van der Waals surface area contributed by atoms with E-state index in [1.54, 1.807) is 0 Å². The van der Waals surface area contributed by atoms with E-state index in [0.717, 1.165) is 6.42 Å². The van der Waals surface area contributed by atoms with Gasteiger partial charge in [0.1, 0.15) is 0 Å². The first-order valence-corrected chi connectivity index (χ1v) is 2.21. The van der Waals surface area contributed by atoms with Crippen LogP contribution in [0.15, 0.2) is 0 Å². The first-order valence-electron chi connectivity index (χ1n) is 2.21. The molecule has 6 N–H and O–H groups in total. The van der Waals surface area contributed by atoms with E-state index in [1.807, 2.05) is 0 Å². The van der Waals surface area contributed by atoms with Crippen LogP contribution in [0.2, 0.25) is 0 Å².